The van der Waals surface area contributed by atoms with E-state index in [1.54, 1.807) is 0 Å². The molecule has 2 N–H and O–H groups in total. The van der Waals surface area contributed by atoms with Crippen LogP contribution >= 0.6 is 0 Å². The quantitative estimate of drug-likeness (QED) is 0.750. The Morgan fingerprint density at radius 2 is 1.94 bits per heavy atom. The summed E-state index contributed by atoms with van der Waals surface area (Å²) in [5, 5.41) is 11.5. The summed E-state index contributed by atoms with van der Waals surface area (Å²) in [4.78, 5) is 22.2. The Bertz CT molecular complexity index is 259. The minimum atomic E-state index is -0.768. The van der Waals surface area contributed by atoms with Crippen molar-refractivity contribution in [2.75, 3.05) is 0 Å². The van der Waals surface area contributed by atoms with E-state index in [-0.39, 0.29) is 24.3 Å². The normalized spacial score (nSPS) is 18.6. The third-order valence-corrected chi connectivity index (χ3v) is 3.39. The summed E-state index contributed by atoms with van der Waals surface area (Å²) < 4.78 is 0. The number of nitrogens with one attached hydrogen (secondary N) is 1. The number of carboxylic acid groups (broad SMARTS) is 1. The second kappa shape index (κ2) is 7.30. The first-order chi connectivity index (χ1) is 8.09. The monoisotopic (exact) mass is 241 g/mol. The van der Waals surface area contributed by atoms with Gasteiger partial charge in [0.2, 0.25) is 5.91 Å². The SMILES string of the molecule is CC(CCCC(=O)O)NC(=O)C1CCCCC1. The Balaban J connectivity index is 2.18. The first kappa shape index (κ1) is 14.0. The topological polar surface area (TPSA) is 66.4 Å². The van der Waals surface area contributed by atoms with Crippen molar-refractivity contribution in [2.45, 2.75) is 64.3 Å². The number of carboxylic acids is 1. The average molecular weight is 241 g/mol. The van der Waals surface area contributed by atoms with E-state index in [0.717, 1.165) is 32.1 Å². The van der Waals surface area contributed by atoms with Gasteiger partial charge in [-0.3, -0.25) is 9.59 Å². The lowest BCUT2D eigenvalue weighted by Gasteiger charge is -2.23. The number of amides is 1. The molecule has 1 rings (SSSR count). The van der Waals surface area contributed by atoms with E-state index < -0.39 is 5.97 Å². The predicted octanol–water partition coefficient (Wildman–Crippen LogP) is 2.33. The smallest absolute Gasteiger partial charge is 0.303 e. The highest BCUT2D eigenvalue weighted by Gasteiger charge is 2.21. The molecule has 17 heavy (non-hydrogen) atoms. The molecular formula is C13H23NO3. The van der Waals surface area contributed by atoms with Crippen LogP contribution in [-0.2, 0) is 9.59 Å². The van der Waals surface area contributed by atoms with Gasteiger partial charge < -0.3 is 10.4 Å². The summed E-state index contributed by atoms with van der Waals surface area (Å²) in [5.74, 6) is -0.422. The minimum absolute atomic E-state index is 0.0868. The van der Waals surface area contributed by atoms with Crippen LogP contribution in [0.3, 0.4) is 0 Å². The number of rotatable bonds is 6. The Labute approximate surface area is 103 Å². The fraction of sp³-hybridized carbons (Fsp3) is 0.846. The van der Waals surface area contributed by atoms with Gasteiger partial charge in [-0.05, 0) is 32.6 Å². The third-order valence-electron chi connectivity index (χ3n) is 3.39. The molecule has 1 unspecified atom stereocenters. The van der Waals surface area contributed by atoms with E-state index >= 15 is 0 Å². The van der Waals surface area contributed by atoms with Crippen LogP contribution in [0.2, 0.25) is 0 Å². The Morgan fingerprint density at radius 3 is 2.53 bits per heavy atom. The van der Waals surface area contributed by atoms with Gasteiger partial charge in [0.05, 0.1) is 0 Å². The van der Waals surface area contributed by atoms with Crippen LogP contribution in [0.15, 0.2) is 0 Å². The number of hydrogen-bond acceptors (Lipinski definition) is 2. The summed E-state index contributed by atoms with van der Waals surface area (Å²) in [6.07, 6.45) is 7.13. The molecule has 0 aromatic carbocycles. The van der Waals surface area contributed by atoms with Crippen LogP contribution in [0.25, 0.3) is 0 Å². The molecule has 1 fully saturated rings. The molecule has 4 heteroatoms. The van der Waals surface area contributed by atoms with Crippen LogP contribution in [0.5, 0.6) is 0 Å². The van der Waals surface area contributed by atoms with Crippen LogP contribution < -0.4 is 5.32 Å². The summed E-state index contributed by atoms with van der Waals surface area (Å²) >= 11 is 0. The minimum Gasteiger partial charge on any atom is -0.481 e. The van der Waals surface area contributed by atoms with Gasteiger partial charge >= 0.3 is 5.97 Å². The fourth-order valence-corrected chi connectivity index (χ4v) is 2.36. The highest BCUT2D eigenvalue weighted by molar-refractivity contribution is 5.78. The number of hydrogen-bond donors (Lipinski definition) is 2. The van der Waals surface area contributed by atoms with Crippen LogP contribution in [0.1, 0.15) is 58.3 Å². The molecule has 1 aliphatic rings. The van der Waals surface area contributed by atoms with Crippen LogP contribution in [0.4, 0.5) is 0 Å². The van der Waals surface area contributed by atoms with E-state index in [0.29, 0.717) is 6.42 Å². The van der Waals surface area contributed by atoms with Gasteiger partial charge in [0, 0.05) is 18.4 Å². The van der Waals surface area contributed by atoms with Crippen molar-refractivity contribution >= 4 is 11.9 Å². The second-order valence-electron chi connectivity index (χ2n) is 5.03. The zero-order chi connectivity index (χ0) is 12.7. The van der Waals surface area contributed by atoms with E-state index in [2.05, 4.69) is 5.32 Å². The average Bonchev–Trinajstić information content (AvgIpc) is 2.29. The first-order valence-corrected chi connectivity index (χ1v) is 6.61. The maximum atomic E-state index is 11.9. The van der Waals surface area contributed by atoms with Crippen LogP contribution in [-0.4, -0.2) is 23.0 Å². The van der Waals surface area contributed by atoms with Crippen molar-refractivity contribution in [3.05, 3.63) is 0 Å². The predicted molar refractivity (Wildman–Crippen MR) is 65.7 cm³/mol. The van der Waals surface area contributed by atoms with E-state index in [1.807, 2.05) is 6.92 Å². The van der Waals surface area contributed by atoms with Gasteiger partial charge in [-0.1, -0.05) is 19.3 Å². The molecular weight excluding hydrogens is 218 g/mol. The highest BCUT2D eigenvalue weighted by atomic mass is 16.4. The van der Waals surface area contributed by atoms with E-state index in [4.69, 9.17) is 5.11 Å². The molecule has 1 atom stereocenters. The maximum Gasteiger partial charge on any atom is 0.303 e. The number of aliphatic carboxylic acids is 1. The van der Waals surface area contributed by atoms with E-state index in [1.165, 1.54) is 6.42 Å². The molecule has 1 saturated carbocycles. The summed E-state index contributed by atoms with van der Waals surface area (Å²) in [7, 11) is 0. The number of carbonyl (C=O) groups is 2. The lowest BCUT2D eigenvalue weighted by atomic mass is 9.88. The van der Waals surface area contributed by atoms with Gasteiger partial charge in [-0.15, -0.1) is 0 Å². The summed E-state index contributed by atoms with van der Waals surface area (Å²) in [6, 6.07) is 0.0868. The molecule has 4 nitrogen and oxygen atoms in total. The molecule has 1 amide bonds. The molecule has 0 spiro atoms. The Morgan fingerprint density at radius 1 is 1.29 bits per heavy atom. The molecule has 0 aromatic rings. The zero-order valence-electron chi connectivity index (χ0n) is 10.6. The molecule has 98 valence electrons. The molecule has 0 aromatic heterocycles. The molecule has 0 radical (unpaired) electrons. The summed E-state index contributed by atoms with van der Waals surface area (Å²) in [5.41, 5.74) is 0. The summed E-state index contributed by atoms with van der Waals surface area (Å²) in [6.45, 7) is 1.95. The maximum absolute atomic E-state index is 11.9. The molecule has 0 saturated heterocycles. The van der Waals surface area contributed by atoms with Gasteiger partial charge in [0.25, 0.3) is 0 Å². The zero-order valence-corrected chi connectivity index (χ0v) is 10.6. The van der Waals surface area contributed by atoms with Gasteiger partial charge in [-0.2, -0.15) is 0 Å². The third kappa shape index (κ3) is 5.71. The van der Waals surface area contributed by atoms with E-state index in [9.17, 15) is 9.59 Å². The van der Waals surface area contributed by atoms with Crippen molar-refractivity contribution < 1.29 is 14.7 Å². The highest BCUT2D eigenvalue weighted by Crippen LogP contribution is 2.23. The molecule has 0 aliphatic heterocycles. The fourth-order valence-electron chi connectivity index (χ4n) is 2.36. The van der Waals surface area contributed by atoms with Gasteiger partial charge in [0.1, 0.15) is 0 Å². The molecule has 0 bridgehead atoms. The van der Waals surface area contributed by atoms with Crippen molar-refractivity contribution in [1.29, 1.82) is 0 Å². The lowest BCUT2D eigenvalue weighted by molar-refractivity contribution is -0.137. The van der Waals surface area contributed by atoms with Crippen molar-refractivity contribution in [1.82, 2.24) is 5.32 Å². The van der Waals surface area contributed by atoms with Gasteiger partial charge in [-0.25, -0.2) is 0 Å². The largest absolute Gasteiger partial charge is 0.481 e. The Kier molecular flexibility index (Phi) is 6.01. The first-order valence-electron chi connectivity index (χ1n) is 6.61. The van der Waals surface area contributed by atoms with Crippen molar-refractivity contribution in [3.8, 4) is 0 Å². The standard InChI is InChI=1S/C13H23NO3/c1-10(6-5-9-12(15)16)14-13(17)11-7-3-2-4-8-11/h10-11H,2-9H2,1H3,(H,14,17)(H,15,16). The Hall–Kier alpha value is -1.06. The molecule has 1 aliphatic carbocycles. The van der Waals surface area contributed by atoms with Gasteiger partial charge in [0.15, 0.2) is 0 Å². The lowest BCUT2D eigenvalue weighted by Crippen LogP contribution is -2.38. The second-order valence-corrected chi connectivity index (χ2v) is 5.03. The van der Waals surface area contributed by atoms with Crippen molar-refractivity contribution in [2.24, 2.45) is 5.92 Å². The molecule has 0 heterocycles. The van der Waals surface area contributed by atoms with Crippen LogP contribution in [0, 0.1) is 5.92 Å². The number of carbonyl (C=O) groups excluding carboxylic acids is 1. The van der Waals surface area contributed by atoms with Crippen molar-refractivity contribution in [3.63, 3.8) is 0 Å².